The maximum Gasteiger partial charge on any atom is 0.234 e. The van der Waals surface area contributed by atoms with Crippen LogP contribution < -0.4 is 14.8 Å². The zero-order chi connectivity index (χ0) is 20.8. The summed E-state index contributed by atoms with van der Waals surface area (Å²) in [5.74, 6) is 2.86. The molecule has 0 saturated heterocycles. The lowest BCUT2D eigenvalue weighted by atomic mass is 10.2. The second-order valence-electron chi connectivity index (χ2n) is 5.81. The number of aryl methyl sites for hydroxylation is 1. The summed E-state index contributed by atoms with van der Waals surface area (Å²) < 4.78 is 15.9. The van der Waals surface area contributed by atoms with Gasteiger partial charge in [-0.3, -0.25) is 9.89 Å². The zero-order valence-electron chi connectivity index (χ0n) is 16.0. The minimum Gasteiger partial charge on any atom is -0.495 e. The molecule has 1 amide bonds. The van der Waals surface area contributed by atoms with Crippen molar-refractivity contribution >= 4 is 47.1 Å². The number of nitrogens with zero attached hydrogens (tertiary/aromatic N) is 2. The number of amides is 1. The zero-order valence-corrected chi connectivity index (χ0v) is 17.6. The van der Waals surface area contributed by atoms with Crippen LogP contribution in [0.5, 0.6) is 11.5 Å². The van der Waals surface area contributed by atoms with Crippen molar-refractivity contribution in [2.24, 2.45) is 0 Å². The summed E-state index contributed by atoms with van der Waals surface area (Å²) >= 11 is 7.27. The van der Waals surface area contributed by atoms with Crippen molar-refractivity contribution in [2.45, 2.75) is 12.1 Å². The molecule has 29 heavy (non-hydrogen) atoms. The van der Waals surface area contributed by atoms with Crippen LogP contribution in [-0.4, -0.2) is 41.1 Å². The maximum absolute atomic E-state index is 12.3. The van der Waals surface area contributed by atoms with Gasteiger partial charge in [0.25, 0.3) is 0 Å². The van der Waals surface area contributed by atoms with Gasteiger partial charge in [0.05, 0.1) is 30.7 Å². The van der Waals surface area contributed by atoms with Gasteiger partial charge in [0.2, 0.25) is 11.1 Å². The van der Waals surface area contributed by atoms with E-state index >= 15 is 0 Å². The van der Waals surface area contributed by atoms with Gasteiger partial charge in [-0.2, -0.15) is 0 Å². The monoisotopic (exact) mass is 434 g/mol. The lowest BCUT2D eigenvalue weighted by molar-refractivity contribution is -0.113. The summed E-state index contributed by atoms with van der Waals surface area (Å²) in [7, 11) is 2.99. The molecule has 2 heterocycles. The molecule has 1 aromatic carbocycles. The number of methoxy groups -OCH3 is 2. The summed E-state index contributed by atoms with van der Waals surface area (Å²) in [5.41, 5.74) is 0.465. The Morgan fingerprint density at radius 1 is 1.28 bits per heavy atom. The molecule has 0 fully saturated rings. The van der Waals surface area contributed by atoms with Crippen molar-refractivity contribution in [2.75, 3.05) is 25.3 Å². The van der Waals surface area contributed by atoms with Crippen molar-refractivity contribution in [3.05, 3.63) is 46.6 Å². The van der Waals surface area contributed by atoms with Gasteiger partial charge in [-0.05, 0) is 31.2 Å². The molecular formula is C19H19ClN4O4S. The van der Waals surface area contributed by atoms with Crippen molar-refractivity contribution in [1.29, 1.82) is 0 Å². The Bertz CT molecular complexity index is 1030. The Balaban J connectivity index is 1.57. The molecule has 0 radical (unpaired) electrons. The SMILES string of the molecule is COc1cc(NC(=O)CSc2n[nH]c(/C=C/c3ccc(C)o3)n2)c(OC)cc1Cl. The number of aromatic nitrogens is 3. The lowest BCUT2D eigenvalue weighted by Gasteiger charge is -2.12. The van der Waals surface area contributed by atoms with Crippen LogP contribution in [0.25, 0.3) is 12.2 Å². The number of furan rings is 1. The predicted octanol–water partition coefficient (Wildman–Crippen LogP) is 4.28. The van der Waals surface area contributed by atoms with Crippen molar-refractivity contribution in [3.8, 4) is 11.5 Å². The van der Waals surface area contributed by atoms with Crippen LogP contribution in [0.15, 0.2) is 33.8 Å². The van der Waals surface area contributed by atoms with Crippen molar-refractivity contribution in [1.82, 2.24) is 15.2 Å². The van der Waals surface area contributed by atoms with E-state index in [0.717, 1.165) is 11.5 Å². The van der Waals surface area contributed by atoms with Gasteiger partial charge in [0, 0.05) is 12.1 Å². The fourth-order valence-corrected chi connectivity index (χ4v) is 3.21. The van der Waals surface area contributed by atoms with Gasteiger partial charge in [-0.15, -0.1) is 5.10 Å². The molecule has 2 aromatic heterocycles. The van der Waals surface area contributed by atoms with Gasteiger partial charge < -0.3 is 19.2 Å². The van der Waals surface area contributed by atoms with Crippen LogP contribution in [0, 0.1) is 6.92 Å². The summed E-state index contributed by atoms with van der Waals surface area (Å²) in [6, 6.07) is 6.93. The molecular weight excluding hydrogens is 416 g/mol. The number of aromatic amines is 1. The molecule has 8 nitrogen and oxygen atoms in total. The smallest absolute Gasteiger partial charge is 0.234 e. The van der Waals surface area contributed by atoms with Gasteiger partial charge in [0.15, 0.2) is 0 Å². The van der Waals surface area contributed by atoms with E-state index in [1.165, 1.54) is 26.0 Å². The van der Waals surface area contributed by atoms with E-state index in [-0.39, 0.29) is 11.7 Å². The molecule has 0 bridgehead atoms. The number of hydrogen-bond donors (Lipinski definition) is 2. The third kappa shape index (κ3) is 5.55. The van der Waals surface area contributed by atoms with Crippen LogP contribution in [-0.2, 0) is 4.79 Å². The fraction of sp³-hybridized carbons (Fsp3) is 0.211. The van der Waals surface area contributed by atoms with Crippen molar-refractivity contribution < 1.29 is 18.7 Å². The van der Waals surface area contributed by atoms with Crippen LogP contribution in [0.1, 0.15) is 17.3 Å². The second kappa shape index (κ2) is 9.53. The van der Waals surface area contributed by atoms with E-state index < -0.39 is 0 Å². The van der Waals surface area contributed by atoms with Crippen LogP contribution in [0.2, 0.25) is 5.02 Å². The minimum atomic E-state index is -0.245. The Labute approximate surface area is 176 Å². The number of ether oxygens (including phenoxy) is 2. The number of halogens is 1. The molecule has 0 spiro atoms. The first-order chi connectivity index (χ1) is 14.0. The van der Waals surface area contributed by atoms with Crippen LogP contribution in [0.4, 0.5) is 5.69 Å². The Hall–Kier alpha value is -2.91. The summed E-state index contributed by atoms with van der Waals surface area (Å²) in [5, 5.41) is 10.5. The number of nitrogens with one attached hydrogen (secondary N) is 2. The molecule has 152 valence electrons. The van der Waals surface area contributed by atoms with E-state index in [0.29, 0.717) is 33.2 Å². The highest BCUT2D eigenvalue weighted by molar-refractivity contribution is 7.99. The standard InChI is InChI=1S/C19H19ClN4O4S/c1-11-4-5-12(28-11)6-7-17-22-19(24-23-17)29-10-18(25)21-14-9-15(26-2)13(20)8-16(14)27-3/h4-9H,10H2,1-3H3,(H,21,25)(H,22,23,24)/b7-6+. The average Bonchev–Trinajstić information content (AvgIpc) is 3.34. The largest absolute Gasteiger partial charge is 0.495 e. The highest BCUT2D eigenvalue weighted by atomic mass is 35.5. The molecule has 3 rings (SSSR count). The molecule has 0 saturated carbocycles. The molecule has 3 aromatic rings. The number of carbonyl (C=O) groups excluding carboxylic acids is 1. The van der Waals surface area contributed by atoms with Crippen LogP contribution in [0.3, 0.4) is 0 Å². The molecule has 0 aliphatic heterocycles. The molecule has 2 N–H and O–H groups in total. The summed E-state index contributed by atoms with van der Waals surface area (Å²) in [6.07, 6.45) is 3.54. The predicted molar refractivity (Wildman–Crippen MR) is 113 cm³/mol. The Morgan fingerprint density at radius 2 is 2.07 bits per heavy atom. The van der Waals surface area contributed by atoms with Crippen molar-refractivity contribution in [3.63, 3.8) is 0 Å². The molecule has 0 atom stereocenters. The van der Waals surface area contributed by atoms with E-state index in [2.05, 4.69) is 20.5 Å². The second-order valence-corrected chi connectivity index (χ2v) is 7.16. The quantitative estimate of drug-likeness (QED) is 0.510. The number of thioether (sulfide) groups is 1. The summed E-state index contributed by atoms with van der Waals surface area (Å²) in [6.45, 7) is 1.88. The molecule has 0 aliphatic carbocycles. The number of rotatable bonds is 8. The first-order valence-corrected chi connectivity index (χ1v) is 9.86. The van der Waals surface area contributed by atoms with Gasteiger partial charge in [0.1, 0.15) is 28.8 Å². The third-order valence-electron chi connectivity index (χ3n) is 3.73. The topological polar surface area (TPSA) is 102 Å². The van der Waals surface area contributed by atoms with E-state index in [4.69, 9.17) is 25.5 Å². The lowest BCUT2D eigenvalue weighted by Crippen LogP contribution is -2.15. The van der Waals surface area contributed by atoms with E-state index in [9.17, 15) is 4.79 Å². The highest BCUT2D eigenvalue weighted by Crippen LogP contribution is 2.36. The molecule has 0 unspecified atom stereocenters. The normalized spacial score (nSPS) is 11.0. The number of benzene rings is 1. The summed E-state index contributed by atoms with van der Waals surface area (Å²) in [4.78, 5) is 16.6. The Kier molecular flexibility index (Phi) is 6.84. The number of H-pyrrole nitrogens is 1. The number of carbonyl (C=O) groups is 1. The van der Waals surface area contributed by atoms with Gasteiger partial charge in [-0.1, -0.05) is 23.4 Å². The first kappa shape index (κ1) is 20.8. The van der Waals surface area contributed by atoms with Gasteiger partial charge >= 0.3 is 0 Å². The van der Waals surface area contributed by atoms with E-state index in [1.54, 1.807) is 24.3 Å². The first-order valence-electron chi connectivity index (χ1n) is 8.49. The molecule has 10 heteroatoms. The highest BCUT2D eigenvalue weighted by Gasteiger charge is 2.13. The average molecular weight is 435 g/mol. The third-order valence-corrected chi connectivity index (χ3v) is 4.87. The van der Waals surface area contributed by atoms with Gasteiger partial charge in [-0.25, -0.2) is 4.98 Å². The van der Waals surface area contributed by atoms with Crippen LogP contribution >= 0.6 is 23.4 Å². The molecule has 0 aliphatic rings. The number of hydrogen-bond acceptors (Lipinski definition) is 7. The fourth-order valence-electron chi connectivity index (χ4n) is 2.38. The minimum absolute atomic E-state index is 0.118. The Morgan fingerprint density at radius 3 is 2.76 bits per heavy atom. The number of anilines is 1. The maximum atomic E-state index is 12.3. The van der Waals surface area contributed by atoms with E-state index in [1.807, 2.05) is 19.1 Å².